The van der Waals surface area contributed by atoms with Gasteiger partial charge in [0.1, 0.15) is 6.54 Å². The summed E-state index contributed by atoms with van der Waals surface area (Å²) in [5.74, 6) is -0.749. The van der Waals surface area contributed by atoms with Crippen molar-refractivity contribution in [3.05, 3.63) is 89.0 Å². The molecule has 0 aliphatic heterocycles. The average molecular weight is 508 g/mol. The highest BCUT2D eigenvalue weighted by molar-refractivity contribution is 7.92. The van der Waals surface area contributed by atoms with Crippen LogP contribution in [0.5, 0.6) is 0 Å². The first-order valence-corrected chi connectivity index (χ1v) is 13.4. The standard InChI is InChI=1S/C28H33N3O4S/c1-6-30(7-2)28(33)24-12-8-9-13-25(24)29-27(32)19-31(26-14-10-11-21(4)22(26)5)36(34,35)23-17-15-20(3)16-18-23/h8-18H,6-7,19H2,1-5H3,(H,29,32). The van der Waals surface area contributed by atoms with Crippen LogP contribution in [0.25, 0.3) is 0 Å². The SMILES string of the molecule is CCN(CC)C(=O)c1ccccc1NC(=O)CN(c1cccc(C)c1C)S(=O)(=O)c1ccc(C)cc1. The second kappa shape index (κ2) is 11.4. The van der Waals surface area contributed by atoms with Crippen LogP contribution in [-0.2, 0) is 14.8 Å². The number of carbonyl (C=O) groups is 2. The van der Waals surface area contributed by atoms with E-state index in [9.17, 15) is 18.0 Å². The summed E-state index contributed by atoms with van der Waals surface area (Å²) < 4.78 is 28.6. The van der Waals surface area contributed by atoms with E-state index in [1.54, 1.807) is 65.6 Å². The number of para-hydroxylation sites is 1. The second-order valence-corrected chi connectivity index (χ2v) is 10.5. The van der Waals surface area contributed by atoms with Crippen LogP contribution in [0.2, 0.25) is 0 Å². The van der Waals surface area contributed by atoms with Gasteiger partial charge >= 0.3 is 0 Å². The van der Waals surface area contributed by atoms with Crippen LogP contribution in [-0.4, -0.2) is 44.8 Å². The molecule has 0 aliphatic rings. The molecule has 0 saturated heterocycles. The Hall–Kier alpha value is -3.65. The van der Waals surface area contributed by atoms with Crippen LogP contribution in [0.3, 0.4) is 0 Å². The van der Waals surface area contributed by atoms with Crippen molar-refractivity contribution in [1.29, 1.82) is 0 Å². The van der Waals surface area contributed by atoms with Crippen molar-refractivity contribution < 1.29 is 18.0 Å². The van der Waals surface area contributed by atoms with Crippen molar-refractivity contribution in [2.75, 3.05) is 29.3 Å². The smallest absolute Gasteiger partial charge is 0.264 e. The Morgan fingerprint density at radius 2 is 1.47 bits per heavy atom. The molecule has 3 aromatic rings. The number of anilines is 2. The molecule has 190 valence electrons. The van der Waals surface area contributed by atoms with E-state index in [2.05, 4.69) is 5.32 Å². The minimum absolute atomic E-state index is 0.0962. The fourth-order valence-corrected chi connectivity index (χ4v) is 5.40. The largest absolute Gasteiger partial charge is 0.339 e. The molecule has 0 aliphatic carbocycles. The lowest BCUT2D eigenvalue weighted by molar-refractivity contribution is -0.114. The van der Waals surface area contributed by atoms with Gasteiger partial charge in [-0.25, -0.2) is 8.42 Å². The highest BCUT2D eigenvalue weighted by Crippen LogP contribution is 2.29. The summed E-state index contributed by atoms with van der Waals surface area (Å²) in [7, 11) is -4.05. The fraction of sp³-hybridized carbons (Fsp3) is 0.286. The number of sulfonamides is 1. The van der Waals surface area contributed by atoms with E-state index in [0.717, 1.165) is 21.0 Å². The molecule has 0 saturated carbocycles. The highest BCUT2D eigenvalue weighted by Gasteiger charge is 2.29. The molecular formula is C28H33N3O4S. The lowest BCUT2D eigenvalue weighted by atomic mass is 10.1. The summed E-state index contributed by atoms with van der Waals surface area (Å²) in [5, 5.41) is 2.77. The Balaban J connectivity index is 1.99. The van der Waals surface area contributed by atoms with E-state index in [0.29, 0.717) is 30.0 Å². The molecule has 0 unspecified atom stereocenters. The van der Waals surface area contributed by atoms with E-state index in [-0.39, 0.29) is 10.8 Å². The minimum atomic E-state index is -4.05. The molecule has 0 bridgehead atoms. The van der Waals surface area contributed by atoms with Crippen molar-refractivity contribution in [2.24, 2.45) is 0 Å². The third-order valence-corrected chi connectivity index (χ3v) is 8.00. The zero-order valence-electron chi connectivity index (χ0n) is 21.4. The van der Waals surface area contributed by atoms with E-state index in [1.807, 2.05) is 40.7 Å². The number of nitrogens with zero attached hydrogens (tertiary/aromatic N) is 2. The minimum Gasteiger partial charge on any atom is -0.339 e. The number of aryl methyl sites for hydroxylation is 2. The van der Waals surface area contributed by atoms with Gasteiger partial charge in [0.25, 0.3) is 15.9 Å². The molecule has 0 fully saturated rings. The van der Waals surface area contributed by atoms with Gasteiger partial charge in [-0.15, -0.1) is 0 Å². The Labute approximate surface area is 213 Å². The summed E-state index contributed by atoms with van der Waals surface area (Å²) in [6, 6.07) is 18.6. The third kappa shape index (κ3) is 5.76. The summed E-state index contributed by atoms with van der Waals surface area (Å²) >= 11 is 0. The molecule has 3 rings (SSSR count). The van der Waals surface area contributed by atoms with Crippen LogP contribution in [0, 0.1) is 20.8 Å². The predicted octanol–water partition coefficient (Wildman–Crippen LogP) is 4.93. The maximum absolute atomic E-state index is 13.7. The number of amides is 2. The first-order chi connectivity index (χ1) is 17.1. The quantitative estimate of drug-likeness (QED) is 0.445. The van der Waals surface area contributed by atoms with E-state index in [4.69, 9.17) is 0 Å². The molecule has 0 radical (unpaired) electrons. The Morgan fingerprint density at radius 3 is 2.11 bits per heavy atom. The van der Waals surface area contributed by atoms with Gasteiger partial charge in [-0.3, -0.25) is 13.9 Å². The third-order valence-electron chi connectivity index (χ3n) is 6.22. The van der Waals surface area contributed by atoms with Crippen LogP contribution in [0.1, 0.15) is 40.9 Å². The Morgan fingerprint density at radius 1 is 0.833 bits per heavy atom. The van der Waals surface area contributed by atoms with Gasteiger partial charge in [0.05, 0.1) is 21.8 Å². The Kier molecular flexibility index (Phi) is 8.53. The van der Waals surface area contributed by atoms with Crippen molar-refractivity contribution in [3.63, 3.8) is 0 Å². The summed E-state index contributed by atoms with van der Waals surface area (Å²) in [6.07, 6.45) is 0. The average Bonchev–Trinajstić information content (AvgIpc) is 2.85. The van der Waals surface area contributed by atoms with Crippen molar-refractivity contribution in [1.82, 2.24) is 4.90 Å². The second-order valence-electron chi connectivity index (χ2n) is 8.61. The summed E-state index contributed by atoms with van der Waals surface area (Å²) in [6.45, 7) is 10.0. The van der Waals surface area contributed by atoms with Crippen LogP contribution < -0.4 is 9.62 Å². The summed E-state index contributed by atoms with van der Waals surface area (Å²) in [4.78, 5) is 28.0. The predicted molar refractivity (Wildman–Crippen MR) is 144 cm³/mol. The number of carbonyl (C=O) groups excluding carboxylic acids is 2. The molecule has 7 nitrogen and oxygen atoms in total. The maximum Gasteiger partial charge on any atom is 0.264 e. The lowest BCUT2D eigenvalue weighted by Crippen LogP contribution is -2.39. The van der Waals surface area contributed by atoms with E-state index < -0.39 is 22.5 Å². The molecule has 0 heterocycles. The molecule has 3 aromatic carbocycles. The van der Waals surface area contributed by atoms with Gasteiger partial charge < -0.3 is 10.2 Å². The number of rotatable bonds is 9. The molecule has 2 amide bonds. The number of benzene rings is 3. The number of nitrogens with one attached hydrogen (secondary N) is 1. The first-order valence-electron chi connectivity index (χ1n) is 11.9. The van der Waals surface area contributed by atoms with Gasteiger partial charge in [0.15, 0.2) is 0 Å². The summed E-state index contributed by atoms with van der Waals surface area (Å²) in [5.41, 5.74) is 3.73. The molecule has 0 aromatic heterocycles. The molecule has 36 heavy (non-hydrogen) atoms. The van der Waals surface area contributed by atoms with Gasteiger partial charge in [-0.05, 0) is 76.1 Å². The van der Waals surface area contributed by atoms with E-state index >= 15 is 0 Å². The molecular weight excluding hydrogens is 474 g/mol. The molecule has 0 spiro atoms. The lowest BCUT2D eigenvalue weighted by Gasteiger charge is -2.26. The van der Waals surface area contributed by atoms with Crippen molar-refractivity contribution >= 4 is 33.2 Å². The topological polar surface area (TPSA) is 86.8 Å². The highest BCUT2D eigenvalue weighted by atomic mass is 32.2. The first kappa shape index (κ1) is 26.9. The fourth-order valence-electron chi connectivity index (χ4n) is 3.92. The van der Waals surface area contributed by atoms with Crippen LogP contribution in [0.15, 0.2) is 71.6 Å². The van der Waals surface area contributed by atoms with E-state index in [1.165, 1.54) is 0 Å². The monoisotopic (exact) mass is 507 g/mol. The van der Waals surface area contributed by atoms with Gasteiger partial charge in [0.2, 0.25) is 5.91 Å². The normalized spacial score (nSPS) is 11.1. The maximum atomic E-state index is 13.7. The molecule has 8 heteroatoms. The van der Waals surface area contributed by atoms with Gasteiger partial charge in [-0.2, -0.15) is 0 Å². The van der Waals surface area contributed by atoms with Gasteiger partial charge in [0, 0.05) is 13.1 Å². The zero-order chi connectivity index (χ0) is 26.5. The number of hydrogen-bond acceptors (Lipinski definition) is 4. The molecule has 1 N–H and O–H groups in total. The van der Waals surface area contributed by atoms with Gasteiger partial charge in [-0.1, -0.05) is 42.0 Å². The van der Waals surface area contributed by atoms with Crippen molar-refractivity contribution in [3.8, 4) is 0 Å². The zero-order valence-corrected chi connectivity index (χ0v) is 22.2. The van der Waals surface area contributed by atoms with Crippen LogP contribution >= 0.6 is 0 Å². The molecule has 0 atom stereocenters. The van der Waals surface area contributed by atoms with Crippen molar-refractivity contribution in [2.45, 2.75) is 39.5 Å². The number of hydrogen-bond donors (Lipinski definition) is 1. The van der Waals surface area contributed by atoms with Crippen LogP contribution in [0.4, 0.5) is 11.4 Å². The Bertz CT molecular complexity index is 1350.